The third-order valence-corrected chi connectivity index (χ3v) is 5.84. The average Bonchev–Trinajstić information content (AvgIpc) is 2.66. The number of halogens is 2. The molecule has 0 aliphatic carbocycles. The SMILES string of the molecule is CCC(Sc1cnc(Cl)nc1Cl)C(=O)NC(C)c1c(OC)cccc1OC. The number of hydrogen-bond donors (Lipinski definition) is 1. The van der Waals surface area contributed by atoms with Crippen molar-refractivity contribution in [1.82, 2.24) is 15.3 Å². The first-order chi connectivity index (χ1) is 12.9. The number of aromatic nitrogens is 2. The van der Waals surface area contributed by atoms with E-state index in [2.05, 4.69) is 15.3 Å². The molecular formula is C18H21Cl2N3O3S. The summed E-state index contributed by atoms with van der Waals surface area (Å²) in [7, 11) is 3.17. The molecule has 1 aromatic carbocycles. The molecule has 1 N–H and O–H groups in total. The van der Waals surface area contributed by atoms with Crippen LogP contribution in [0.5, 0.6) is 11.5 Å². The van der Waals surface area contributed by atoms with E-state index in [4.69, 9.17) is 32.7 Å². The van der Waals surface area contributed by atoms with Crippen LogP contribution >= 0.6 is 35.0 Å². The zero-order valence-electron chi connectivity index (χ0n) is 15.5. The van der Waals surface area contributed by atoms with Gasteiger partial charge in [0.15, 0.2) is 0 Å². The maximum Gasteiger partial charge on any atom is 0.233 e. The second-order valence-corrected chi connectivity index (χ2v) is 7.56. The van der Waals surface area contributed by atoms with Gasteiger partial charge in [-0.15, -0.1) is 11.8 Å². The quantitative estimate of drug-likeness (QED) is 0.376. The van der Waals surface area contributed by atoms with Gasteiger partial charge in [0, 0.05) is 6.20 Å². The van der Waals surface area contributed by atoms with Gasteiger partial charge in [0.1, 0.15) is 16.7 Å². The van der Waals surface area contributed by atoms with Gasteiger partial charge in [0.2, 0.25) is 11.2 Å². The van der Waals surface area contributed by atoms with Crippen molar-refractivity contribution in [2.24, 2.45) is 0 Å². The van der Waals surface area contributed by atoms with Crippen molar-refractivity contribution in [2.45, 2.75) is 36.5 Å². The molecular weight excluding hydrogens is 409 g/mol. The molecule has 0 radical (unpaired) electrons. The highest BCUT2D eigenvalue weighted by Crippen LogP contribution is 2.35. The summed E-state index contributed by atoms with van der Waals surface area (Å²) in [5.74, 6) is 1.17. The summed E-state index contributed by atoms with van der Waals surface area (Å²) < 4.78 is 10.8. The number of benzene rings is 1. The summed E-state index contributed by atoms with van der Waals surface area (Å²) in [6.07, 6.45) is 2.12. The van der Waals surface area contributed by atoms with E-state index < -0.39 is 0 Å². The number of carbonyl (C=O) groups is 1. The summed E-state index contributed by atoms with van der Waals surface area (Å²) in [6, 6.07) is 5.19. The fourth-order valence-electron chi connectivity index (χ4n) is 2.57. The Morgan fingerprint density at radius 1 is 1.26 bits per heavy atom. The van der Waals surface area contributed by atoms with Crippen molar-refractivity contribution in [1.29, 1.82) is 0 Å². The number of hydrogen-bond acceptors (Lipinski definition) is 6. The van der Waals surface area contributed by atoms with Crippen LogP contribution in [0.3, 0.4) is 0 Å². The highest BCUT2D eigenvalue weighted by molar-refractivity contribution is 8.00. The summed E-state index contributed by atoms with van der Waals surface area (Å²) in [5, 5.41) is 2.95. The van der Waals surface area contributed by atoms with E-state index in [1.807, 2.05) is 32.0 Å². The molecule has 2 unspecified atom stereocenters. The first-order valence-corrected chi connectivity index (χ1v) is 9.90. The Morgan fingerprint density at radius 3 is 2.41 bits per heavy atom. The molecule has 2 rings (SSSR count). The van der Waals surface area contributed by atoms with Crippen molar-refractivity contribution < 1.29 is 14.3 Å². The monoisotopic (exact) mass is 429 g/mol. The standard InChI is InChI=1S/C18H21Cl2N3O3S/c1-5-13(27-14-9-21-18(20)23-16(14)19)17(24)22-10(2)15-11(25-3)7-6-8-12(15)26-4/h6-10,13H,5H2,1-4H3,(H,22,24). The second-order valence-electron chi connectivity index (χ2n) is 5.62. The minimum absolute atomic E-state index is 0.0683. The fraction of sp³-hybridized carbons (Fsp3) is 0.389. The lowest BCUT2D eigenvalue weighted by Crippen LogP contribution is -2.34. The van der Waals surface area contributed by atoms with Gasteiger partial charge in [0.25, 0.3) is 0 Å². The van der Waals surface area contributed by atoms with Gasteiger partial charge in [0.05, 0.1) is 36.0 Å². The predicted octanol–water partition coefficient (Wildman–Crippen LogP) is 4.55. The molecule has 9 heteroatoms. The third kappa shape index (κ3) is 5.40. The topological polar surface area (TPSA) is 73.3 Å². The largest absolute Gasteiger partial charge is 0.496 e. The molecule has 146 valence electrons. The van der Waals surface area contributed by atoms with Crippen LogP contribution in [0.4, 0.5) is 0 Å². The maximum atomic E-state index is 12.8. The third-order valence-electron chi connectivity index (χ3n) is 3.87. The molecule has 27 heavy (non-hydrogen) atoms. The van der Waals surface area contributed by atoms with E-state index in [1.54, 1.807) is 14.2 Å². The van der Waals surface area contributed by atoms with Crippen molar-refractivity contribution >= 4 is 40.9 Å². The van der Waals surface area contributed by atoms with Gasteiger partial charge in [-0.2, -0.15) is 0 Å². The summed E-state index contributed by atoms with van der Waals surface area (Å²) in [6.45, 7) is 3.81. The maximum absolute atomic E-state index is 12.8. The fourth-order valence-corrected chi connectivity index (χ4v) is 3.91. The van der Waals surface area contributed by atoms with Crippen molar-refractivity contribution in [3.63, 3.8) is 0 Å². The Morgan fingerprint density at radius 2 is 1.89 bits per heavy atom. The lowest BCUT2D eigenvalue weighted by Gasteiger charge is -2.22. The Kier molecular flexibility index (Phi) is 8.01. The zero-order valence-corrected chi connectivity index (χ0v) is 17.8. The molecule has 1 amide bonds. The molecule has 0 aliphatic heterocycles. The number of thioether (sulfide) groups is 1. The second kappa shape index (κ2) is 10.0. The molecule has 0 saturated heterocycles. The summed E-state index contributed by atoms with van der Waals surface area (Å²) in [5.41, 5.74) is 0.781. The van der Waals surface area contributed by atoms with Gasteiger partial charge in [-0.25, -0.2) is 9.97 Å². The van der Waals surface area contributed by atoms with Crippen molar-refractivity contribution in [2.75, 3.05) is 14.2 Å². The van der Waals surface area contributed by atoms with Crippen LogP contribution in [0, 0.1) is 0 Å². The van der Waals surface area contributed by atoms with E-state index in [9.17, 15) is 4.79 Å². The van der Waals surface area contributed by atoms with Gasteiger partial charge in [-0.3, -0.25) is 4.79 Å². The number of nitrogens with zero attached hydrogens (tertiary/aromatic N) is 2. The Bertz CT molecular complexity index is 785. The Labute approximate surface area is 173 Å². The van der Waals surface area contributed by atoms with E-state index in [0.29, 0.717) is 22.8 Å². The van der Waals surface area contributed by atoms with Crippen LogP contribution in [0.1, 0.15) is 31.9 Å². The van der Waals surface area contributed by atoms with Crippen LogP contribution in [0.15, 0.2) is 29.3 Å². The number of nitrogens with one attached hydrogen (secondary N) is 1. The molecule has 0 aliphatic rings. The minimum atomic E-state index is -0.365. The highest BCUT2D eigenvalue weighted by atomic mass is 35.5. The molecule has 6 nitrogen and oxygen atoms in total. The zero-order chi connectivity index (χ0) is 20.0. The van der Waals surface area contributed by atoms with Gasteiger partial charge >= 0.3 is 0 Å². The van der Waals surface area contributed by atoms with E-state index >= 15 is 0 Å². The van der Waals surface area contributed by atoms with Gasteiger partial charge in [-0.05, 0) is 37.1 Å². The molecule has 0 spiro atoms. The Balaban J connectivity index is 2.17. The van der Waals surface area contributed by atoms with E-state index in [0.717, 1.165) is 5.56 Å². The van der Waals surface area contributed by atoms with Gasteiger partial charge < -0.3 is 14.8 Å². The number of ether oxygens (including phenoxy) is 2. The highest BCUT2D eigenvalue weighted by Gasteiger charge is 2.24. The van der Waals surface area contributed by atoms with E-state index in [-0.39, 0.29) is 27.6 Å². The number of methoxy groups -OCH3 is 2. The molecule has 2 aromatic rings. The lowest BCUT2D eigenvalue weighted by molar-refractivity contribution is -0.121. The molecule has 0 saturated carbocycles. The van der Waals surface area contributed by atoms with Crippen LogP contribution in [0.2, 0.25) is 10.4 Å². The molecule has 0 fully saturated rings. The van der Waals surface area contributed by atoms with E-state index in [1.165, 1.54) is 18.0 Å². The predicted molar refractivity (Wildman–Crippen MR) is 108 cm³/mol. The molecule has 1 heterocycles. The van der Waals surface area contributed by atoms with Crippen LogP contribution < -0.4 is 14.8 Å². The number of carbonyl (C=O) groups excluding carboxylic acids is 1. The summed E-state index contributed by atoms with van der Waals surface area (Å²) in [4.78, 5) is 21.3. The normalized spacial score (nSPS) is 13.0. The number of rotatable bonds is 8. The van der Waals surface area contributed by atoms with Crippen LogP contribution in [0.25, 0.3) is 0 Å². The molecule has 1 aromatic heterocycles. The Hall–Kier alpha value is -1.70. The first kappa shape index (κ1) is 21.6. The summed E-state index contributed by atoms with van der Waals surface area (Å²) >= 11 is 13.1. The smallest absolute Gasteiger partial charge is 0.233 e. The van der Waals surface area contributed by atoms with Crippen LogP contribution in [-0.2, 0) is 4.79 Å². The van der Waals surface area contributed by atoms with Gasteiger partial charge in [-0.1, -0.05) is 24.6 Å². The minimum Gasteiger partial charge on any atom is -0.496 e. The van der Waals surface area contributed by atoms with Crippen molar-refractivity contribution in [3.05, 3.63) is 40.4 Å². The van der Waals surface area contributed by atoms with Crippen molar-refractivity contribution in [3.8, 4) is 11.5 Å². The van der Waals surface area contributed by atoms with Crippen LogP contribution in [-0.4, -0.2) is 35.3 Å². The lowest BCUT2D eigenvalue weighted by atomic mass is 10.1. The molecule has 0 bridgehead atoms. The number of amides is 1. The average molecular weight is 430 g/mol. The first-order valence-electron chi connectivity index (χ1n) is 8.27. The molecule has 2 atom stereocenters.